The number of nitrogens with one attached hydrogen (secondary N) is 1. The molecule has 1 aromatic rings. The Bertz CT molecular complexity index is 624. The maximum atomic E-state index is 13.5. The van der Waals surface area contributed by atoms with Crippen LogP contribution in [0.4, 0.5) is 22.0 Å². The second-order valence-electron chi connectivity index (χ2n) is 4.20. The molecule has 0 bridgehead atoms. The first-order chi connectivity index (χ1) is 8.70. The number of aromatic amines is 1. The van der Waals surface area contributed by atoms with Crippen LogP contribution < -0.4 is 5.56 Å². The highest BCUT2D eigenvalue weighted by atomic mass is 19.4. The van der Waals surface area contributed by atoms with Gasteiger partial charge in [-0.1, -0.05) is 0 Å². The van der Waals surface area contributed by atoms with E-state index in [1.807, 2.05) is 0 Å². The van der Waals surface area contributed by atoms with Gasteiger partial charge in [0.2, 0.25) is 0 Å². The molecule has 19 heavy (non-hydrogen) atoms. The molecular weight excluding hydrogens is 271 g/mol. The zero-order chi connectivity index (χ0) is 14.4. The Kier molecular flexibility index (Phi) is 2.88. The molecule has 0 fully saturated rings. The van der Waals surface area contributed by atoms with E-state index in [0.717, 1.165) is 6.07 Å². The molecule has 0 aromatic carbocycles. The molecule has 1 N–H and O–H groups in total. The molecule has 2 rings (SSSR count). The zero-order valence-electron chi connectivity index (χ0n) is 9.37. The molecule has 8 heteroatoms. The van der Waals surface area contributed by atoms with Gasteiger partial charge in [0.25, 0.3) is 5.56 Å². The summed E-state index contributed by atoms with van der Waals surface area (Å²) in [6.45, 7) is 0. The molecule has 0 atom stereocenters. The lowest BCUT2D eigenvalue weighted by atomic mass is 9.96. The minimum absolute atomic E-state index is 0.0121. The quantitative estimate of drug-likeness (QED) is 0.802. The van der Waals surface area contributed by atoms with Gasteiger partial charge in [0.05, 0.1) is 5.56 Å². The highest BCUT2D eigenvalue weighted by Crippen LogP contribution is 2.47. The Hall–Kier alpha value is -1.91. The van der Waals surface area contributed by atoms with Crippen molar-refractivity contribution in [3.63, 3.8) is 0 Å². The van der Waals surface area contributed by atoms with Gasteiger partial charge in [0.1, 0.15) is 11.6 Å². The van der Waals surface area contributed by atoms with Crippen LogP contribution in [-0.4, -0.2) is 11.2 Å². The average Bonchev–Trinajstić information content (AvgIpc) is 2.72. The Morgan fingerprint density at radius 1 is 1.16 bits per heavy atom. The standard InChI is InChI=1S/C11H7F5N2O/c12-10(13,11(14,15)16)8-5-2-1-3-7(5)18-9(19)6(8)4-17/h1-3H2,(H,18,19). The summed E-state index contributed by atoms with van der Waals surface area (Å²) >= 11 is 0. The van der Waals surface area contributed by atoms with Gasteiger partial charge in [0.15, 0.2) is 0 Å². The number of hydrogen-bond donors (Lipinski definition) is 1. The predicted molar refractivity (Wildman–Crippen MR) is 53.8 cm³/mol. The summed E-state index contributed by atoms with van der Waals surface area (Å²) < 4.78 is 64.4. The summed E-state index contributed by atoms with van der Waals surface area (Å²) in [5.74, 6) is -5.21. The van der Waals surface area contributed by atoms with E-state index in [4.69, 9.17) is 5.26 Å². The van der Waals surface area contributed by atoms with E-state index in [-0.39, 0.29) is 24.1 Å². The first-order valence-electron chi connectivity index (χ1n) is 5.33. The lowest BCUT2D eigenvalue weighted by Crippen LogP contribution is -2.37. The van der Waals surface area contributed by atoms with Gasteiger partial charge in [-0.05, 0) is 24.8 Å². The molecule has 0 unspecified atom stereocenters. The van der Waals surface area contributed by atoms with Crippen LogP contribution in [0.2, 0.25) is 0 Å². The number of nitriles is 1. The molecule has 0 aliphatic heterocycles. The molecule has 1 aromatic heterocycles. The zero-order valence-corrected chi connectivity index (χ0v) is 9.37. The van der Waals surface area contributed by atoms with Crippen LogP contribution in [0.15, 0.2) is 4.79 Å². The fourth-order valence-corrected chi connectivity index (χ4v) is 2.22. The molecule has 1 aliphatic rings. The lowest BCUT2D eigenvalue weighted by molar-refractivity contribution is -0.289. The highest BCUT2D eigenvalue weighted by molar-refractivity contribution is 5.48. The van der Waals surface area contributed by atoms with Crippen molar-refractivity contribution in [2.75, 3.05) is 0 Å². The van der Waals surface area contributed by atoms with E-state index in [0.29, 0.717) is 6.42 Å². The normalized spacial score (nSPS) is 15.2. The first-order valence-corrected chi connectivity index (χ1v) is 5.33. The molecular formula is C11H7F5N2O. The number of aryl methyl sites for hydroxylation is 1. The van der Waals surface area contributed by atoms with E-state index in [1.54, 1.807) is 0 Å². The highest BCUT2D eigenvalue weighted by Gasteiger charge is 2.61. The molecule has 0 saturated carbocycles. The SMILES string of the molecule is N#Cc1c(C(F)(F)C(F)(F)F)c2c([nH]c1=O)CCC2. The van der Waals surface area contributed by atoms with E-state index in [9.17, 15) is 26.7 Å². The summed E-state index contributed by atoms with van der Waals surface area (Å²) in [6.07, 6.45) is -5.27. The monoisotopic (exact) mass is 278 g/mol. The minimum atomic E-state index is -5.84. The van der Waals surface area contributed by atoms with Crippen LogP contribution in [0.3, 0.4) is 0 Å². The number of alkyl halides is 5. The van der Waals surface area contributed by atoms with Crippen molar-refractivity contribution in [1.29, 1.82) is 5.26 Å². The second-order valence-corrected chi connectivity index (χ2v) is 4.20. The van der Waals surface area contributed by atoms with Gasteiger partial charge in [-0.15, -0.1) is 0 Å². The van der Waals surface area contributed by atoms with Crippen LogP contribution >= 0.6 is 0 Å². The van der Waals surface area contributed by atoms with Gasteiger partial charge in [-0.2, -0.15) is 27.2 Å². The van der Waals surface area contributed by atoms with E-state index in [2.05, 4.69) is 4.98 Å². The van der Waals surface area contributed by atoms with Gasteiger partial charge < -0.3 is 4.98 Å². The summed E-state index contributed by atoms with van der Waals surface area (Å²) in [5, 5.41) is 8.69. The molecule has 0 saturated heterocycles. The Morgan fingerprint density at radius 3 is 2.32 bits per heavy atom. The van der Waals surface area contributed by atoms with Gasteiger partial charge in [-0.3, -0.25) is 4.79 Å². The number of nitrogens with zero attached hydrogens (tertiary/aromatic N) is 1. The summed E-state index contributed by atoms with van der Waals surface area (Å²) in [7, 11) is 0. The average molecular weight is 278 g/mol. The smallest absolute Gasteiger partial charge is 0.325 e. The summed E-state index contributed by atoms with van der Waals surface area (Å²) in [6, 6.07) is 1.15. The molecule has 0 amide bonds. The number of pyridine rings is 1. The molecule has 0 spiro atoms. The number of rotatable bonds is 1. The molecule has 1 aliphatic carbocycles. The number of hydrogen-bond acceptors (Lipinski definition) is 2. The molecule has 1 heterocycles. The maximum absolute atomic E-state index is 13.5. The predicted octanol–water partition coefficient (Wildman–Crippen LogP) is 2.39. The van der Waals surface area contributed by atoms with Gasteiger partial charge in [0, 0.05) is 5.69 Å². The Balaban J connectivity index is 2.84. The Morgan fingerprint density at radius 2 is 1.79 bits per heavy atom. The number of fused-ring (bicyclic) bond motifs is 1. The van der Waals surface area contributed by atoms with Gasteiger partial charge in [-0.25, -0.2) is 0 Å². The van der Waals surface area contributed by atoms with Crippen molar-refractivity contribution < 1.29 is 22.0 Å². The minimum Gasteiger partial charge on any atom is -0.325 e. The van der Waals surface area contributed by atoms with Crippen LogP contribution in [0.1, 0.15) is 28.8 Å². The largest absolute Gasteiger partial charge is 0.458 e. The third kappa shape index (κ3) is 1.89. The summed E-state index contributed by atoms with van der Waals surface area (Å²) in [5.41, 5.74) is -4.06. The van der Waals surface area contributed by atoms with E-state index >= 15 is 0 Å². The van der Waals surface area contributed by atoms with Crippen LogP contribution in [0.5, 0.6) is 0 Å². The number of H-pyrrole nitrogens is 1. The molecule has 102 valence electrons. The van der Waals surface area contributed by atoms with Gasteiger partial charge >= 0.3 is 12.1 Å². The third-order valence-electron chi connectivity index (χ3n) is 3.04. The van der Waals surface area contributed by atoms with E-state index in [1.165, 1.54) is 0 Å². The third-order valence-corrected chi connectivity index (χ3v) is 3.04. The van der Waals surface area contributed by atoms with Crippen molar-refractivity contribution in [2.24, 2.45) is 0 Å². The Labute approximate surface area is 103 Å². The molecule has 0 radical (unpaired) electrons. The van der Waals surface area contributed by atoms with Crippen molar-refractivity contribution in [3.05, 3.63) is 32.7 Å². The first kappa shape index (κ1) is 13.5. The lowest BCUT2D eigenvalue weighted by Gasteiger charge is -2.23. The van der Waals surface area contributed by atoms with Crippen molar-refractivity contribution in [1.82, 2.24) is 4.98 Å². The second kappa shape index (κ2) is 4.05. The fraction of sp³-hybridized carbons (Fsp3) is 0.455. The van der Waals surface area contributed by atoms with E-state index < -0.39 is 28.8 Å². The van der Waals surface area contributed by atoms with Crippen LogP contribution in [0, 0.1) is 11.3 Å². The van der Waals surface area contributed by atoms with Crippen LogP contribution in [0.25, 0.3) is 0 Å². The number of halogens is 5. The van der Waals surface area contributed by atoms with Crippen molar-refractivity contribution >= 4 is 0 Å². The number of aromatic nitrogens is 1. The van der Waals surface area contributed by atoms with Crippen molar-refractivity contribution in [2.45, 2.75) is 31.4 Å². The van der Waals surface area contributed by atoms with Crippen molar-refractivity contribution in [3.8, 4) is 6.07 Å². The summed E-state index contributed by atoms with van der Waals surface area (Å²) in [4.78, 5) is 13.6. The topological polar surface area (TPSA) is 56.6 Å². The molecule has 3 nitrogen and oxygen atoms in total. The fourth-order valence-electron chi connectivity index (χ4n) is 2.22. The van der Waals surface area contributed by atoms with Crippen LogP contribution in [-0.2, 0) is 18.8 Å². The maximum Gasteiger partial charge on any atom is 0.458 e.